The van der Waals surface area contributed by atoms with E-state index in [2.05, 4.69) is 31.3 Å². The SMILES string of the molecule is CC(C)CC(=O)N1CC[C@H](c2c(C(=O)NC(C)C)sc3ccccc23)C1. The van der Waals surface area contributed by atoms with Crippen molar-refractivity contribution < 1.29 is 9.59 Å². The fraction of sp³-hybridized carbons (Fsp3) is 0.524. The molecule has 1 aliphatic rings. The van der Waals surface area contributed by atoms with Crippen molar-refractivity contribution in [2.45, 2.75) is 52.5 Å². The van der Waals surface area contributed by atoms with Gasteiger partial charge in [-0.3, -0.25) is 9.59 Å². The zero-order valence-electron chi connectivity index (χ0n) is 16.0. The summed E-state index contributed by atoms with van der Waals surface area (Å²) in [5.74, 6) is 0.837. The molecule has 2 aromatic rings. The average Bonchev–Trinajstić information content (AvgIpc) is 3.17. The van der Waals surface area contributed by atoms with Crippen LogP contribution in [0.15, 0.2) is 24.3 Å². The molecule has 0 radical (unpaired) electrons. The number of likely N-dealkylation sites (tertiary alicyclic amines) is 1. The highest BCUT2D eigenvalue weighted by molar-refractivity contribution is 7.21. The molecule has 0 aliphatic carbocycles. The van der Waals surface area contributed by atoms with Gasteiger partial charge in [-0.1, -0.05) is 32.0 Å². The van der Waals surface area contributed by atoms with E-state index in [-0.39, 0.29) is 23.8 Å². The van der Waals surface area contributed by atoms with Crippen LogP contribution in [0.2, 0.25) is 0 Å². The summed E-state index contributed by atoms with van der Waals surface area (Å²) in [4.78, 5) is 28.0. The van der Waals surface area contributed by atoms with Gasteiger partial charge in [0.25, 0.3) is 5.91 Å². The van der Waals surface area contributed by atoms with Gasteiger partial charge in [0.2, 0.25) is 5.91 Å². The van der Waals surface area contributed by atoms with Gasteiger partial charge in [-0.2, -0.15) is 0 Å². The second-order valence-corrected chi connectivity index (χ2v) is 8.94. The minimum atomic E-state index is 0.00292. The van der Waals surface area contributed by atoms with Crippen LogP contribution in [0.3, 0.4) is 0 Å². The predicted molar refractivity (Wildman–Crippen MR) is 108 cm³/mol. The molecule has 1 fully saturated rings. The fourth-order valence-electron chi connectivity index (χ4n) is 3.67. The first-order valence-electron chi connectivity index (χ1n) is 9.46. The third-order valence-corrected chi connectivity index (χ3v) is 5.98. The van der Waals surface area contributed by atoms with E-state index in [9.17, 15) is 9.59 Å². The Bertz CT molecular complexity index is 809. The van der Waals surface area contributed by atoms with E-state index in [1.54, 1.807) is 11.3 Å². The first-order valence-corrected chi connectivity index (χ1v) is 10.3. The van der Waals surface area contributed by atoms with Crippen LogP contribution in [0, 0.1) is 5.92 Å². The summed E-state index contributed by atoms with van der Waals surface area (Å²) in [6.07, 6.45) is 1.52. The zero-order valence-corrected chi connectivity index (χ0v) is 16.9. The summed E-state index contributed by atoms with van der Waals surface area (Å²) >= 11 is 1.57. The highest BCUT2D eigenvalue weighted by Crippen LogP contribution is 2.40. The minimum Gasteiger partial charge on any atom is -0.349 e. The number of rotatable bonds is 5. The Morgan fingerprint density at radius 2 is 1.96 bits per heavy atom. The van der Waals surface area contributed by atoms with Crippen LogP contribution in [-0.4, -0.2) is 35.8 Å². The number of benzene rings is 1. The molecular formula is C21H28N2O2S. The van der Waals surface area contributed by atoms with Gasteiger partial charge in [0.05, 0.1) is 4.88 Å². The average molecular weight is 373 g/mol. The molecule has 1 aromatic carbocycles. The molecule has 2 heterocycles. The van der Waals surface area contributed by atoms with Gasteiger partial charge in [-0.05, 0) is 43.2 Å². The Kier molecular flexibility index (Phi) is 5.66. The van der Waals surface area contributed by atoms with Crippen molar-refractivity contribution in [2.75, 3.05) is 13.1 Å². The van der Waals surface area contributed by atoms with Gasteiger partial charge in [0.15, 0.2) is 0 Å². The summed E-state index contributed by atoms with van der Waals surface area (Å²) in [5.41, 5.74) is 1.13. The van der Waals surface area contributed by atoms with E-state index in [1.807, 2.05) is 30.9 Å². The van der Waals surface area contributed by atoms with E-state index in [1.165, 1.54) is 0 Å². The van der Waals surface area contributed by atoms with E-state index in [0.717, 1.165) is 33.5 Å². The lowest BCUT2D eigenvalue weighted by molar-refractivity contribution is -0.130. The molecule has 1 aliphatic heterocycles. The van der Waals surface area contributed by atoms with Gasteiger partial charge in [-0.15, -0.1) is 11.3 Å². The molecule has 3 rings (SSSR count). The number of fused-ring (bicyclic) bond motifs is 1. The van der Waals surface area contributed by atoms with Gasteiger partial charge in [0.1, 0.15) is 0 Å². The van der Waals surface area contributed by atoms with Crippen LogP contribution in [0.25, 0.3) is 10.1 Å². The van der Waals surface area contributed by atoms with Crippen LogP contribution in [-0.2, 0) is 4.79 Å². The zero-order chi connectivity index (χ0) is 18.8. The van der Waals surface area contributed by atoms with Crippen molar-refractivity contribution in [3.63, 3.8) is 0 Å². The molecule has 26 heavy (non-hydrogen) atoms. The molecule has 0 unspecified atom stereocenters. The summed E-state index contributed by atoms with van der Waals surface area (Å²) in [7, 11) is 0. The number of amides is 2. The van der Waals surface area contributed by atoms with E-state index in [4.69, 9.17) is 0 Å². The van der Waals surface area contributed by atoms with Crippen LogP contribution >= 0.6 is 11.3 Å². The molecule has 4 nitrogen and oxygen atoms in total. The largest absolute Gasteiger partial charge is 0.349 e. The second kappa shape index (κ2) is 7.78. The maximum atomic E-state index is 12.8. The molecular weight excluding hydrogens is 344 g/mol. The van der Waals surface area contributed by atoms with Crippen molar-refractivity contribution in [3.05, 3.63) is 34.7 Å². The summed E-state index contributed by atoms with van der Waals surface area (Å²) in [6, 6.07) is 8.32. The first kappa shape index (κ1) is 18.9. The number of nitrogens with zero attached hydrogens (tertiary/aromatic N) is 1. The lowest BCUT2D eigenvalue weighted by atomic mass is 9.95. The van der Waals surface area contributed by atoms with E-state index >= 15 is 0 Å². The fourth-order valence-corrected chi connectivity index (χ4v) is 4.86. The monoisotopic (exact) mass is 372 g/mol. The van der Waals surface area contributed by atoms with Gasteiger partial charge >= 0.3 is 0 Å². The number of carbonyl (C=O) groups is 2. The molecule has 2 amide bonds. The maximum Gasteiger partial charge on any atom is 0.261 e. The van der Waals surface area contributed by atoms with Gasteiger partial charge in [0, 0.05) is 36.2 Å². The quantitative estimate of drug-likeness (QED) is 0.845. The Labute approximate surface area is 159 Å². The molecule has 0 saturated carbocycles. The third kappa shape index (κ3) is 3.93. The first-order chi connectivity index (χ1) is 12.4. The number of nitrogens with one attached hydrogen (secondary N) is 1. The van der Waals surface area contributed by atoms with Crippen LogP contribution < -0.4 is 5.32 Å². The lowest BCUT2D eigenvalue weighted by Gasteiger charge is -2.18. The predicted octanol–water partition coefficient (Wildman–Crippen LogP) is 4.40. The van der Waals surface area contributed by atoms with Gasteiger partial charge in [-0.25, -0.2) is 0 Å². The maximum absolute atomic E-state index is 12.8. The van der Waals surface area contributed by atoms with Crippen LogP contribution in [0.4, 0.5) is 0 Å². The van der Waals surface area contributed by atoms with Crippen LogP contribution in [0.5, 0.6) is 0 Å². The van der Waals surface area contributed by atoms with E-state index < -0.39 is 0 Å². The number of thiophene rings is 1. The van der Waals surface area contributed by atoms with Crippen LogP contribution in [0.1, 0.15) is 61.7 Å². The smallest absolute Gasteiger partial charge is 0.261 e. The molecule has 1 atom stereocenters. The molecule has 0 spiro atoms. The molecule has 1 N–H and O–H groups in total. The highest BCUT2D eigenvalue weighted by atomic mass is 32.1. The van der Waals surface area contributed by atoms with Crippen molar-refractivity contribution in [1.29, 1.82) is 0 Å². The second-order valence-electron chi connectivity index (χ2n) is 7.89. The summed E-state index contributed by atoms with van der Waals surface area (Å²) in [5, 5.41) is 4.20. The number of hydrogen-bond acceptors (Lipinski definition) is 3. The lowest BCUT2D eigenvalue weighted by Crippen LogP contribution is -2.31. The van der Waals surface area contributed by atoms with Crippen molar-refractivity contribution in [2.24, 2.45) is 5.92 Å². The Morgan fingerprint density at radius 3 is 2.65 bits per heavy atom. The van der Waals surface area contributed by atoms with E-state index in [0.29, 0.717) is 18.9 Å². The molecule has 5 heteroatoms. The Hall–Kier alpha value is -1.88. The van der Waals surface area contributed by atoms with Crippen molar-refractivity contribution >= 4 is 33.2 Å². The highest BCUT2D eigenvalue weighted by Gasteiger charge is 2.32. The Morgan fingerprint density at radius 1 is 1.23 bits per heavy atom. The Balaban J connectivity index is 1.91. The molecule has 0 bridgehead atoms. The summed E-state index contributed by atoms with van der Waals surface area (Å²) in [6.45, 7) is 9.61. The standard InChI is InChI=1S/C21H28N2O2S/c1-13(2)11-18(24)23-10-9-15(12-23)19-16-7-5-6-8-17(16)26-20(19)21(25)22-14(3)4/h5-8,13-15H,9-12H2,1-4H3,(H,22,25)/t15-/m0/s1. The molecule has 1 saturated heterocycles. The topological polar surface area (TPSA) is 49.4 Å². The molecule has 140 valence electrons. The van der Waals surface area contributed by atoms with Gasteiger partial charge < -0.3 is 10.2 Å². The molecule has 1 aromatic heterocycles. The minimum absolute atomic E-state index is 0.00292. The normalized spacial score (nSPS) is 17.5. The third-order valence-electron chi connectivity index (χ3n) is 4.79. The number of carbonyl (C=O) groups excluding carboxylic acids is 2. The summed E-state index contributed by atoms with van der Waals surface area (Å²) < 4.78 is 1.14. The number of hydrogen-bond donors (Lipinski definition) is 1. The van der Waals surface area contributed by atoms with Crippen molar-refractivity contribution in [3.8, 4) is 0 Å². The van der Waals surface area contributed by atoms with Crippen molar-refractivity contribution in [1.82, 2.24) is 10.2 Å².